The van der Waals surface area contributed by atoms with Crippen molar-refractivity contribution in [3.05, 3.63) is 35.4 Å². The van der Waals surface area contributed by atoms with E-state index in [0.29, 0.717) is 12.1 Å². The van der Waals surface area contributed by atoms with Crippen molar-refractivity contribution in [2.75, 3.05) is 7.05 Å². The van der Waals surface area contributed by atoms with Gasteiger partial charge in [-0.15, -0.1) is 0 Å². The lowest BCUT2D eigenvalue weighted by Gasteiger charge is -2.29. The second kappa shape index (κ2) is 6.72. The molecule has 1 fully saturated rings. The number of nitrogens with two attached hydrogens (primary N) is 2. The van der Waals surface area contributed by atoms with Gasteiger partial charge in [-0.25, -0.2) is 0 Å². The highest BCUT2D eigenvalue weighted by Crippen LogP contribution is 2.25. The molecule has 0 radical (unpaired) electrons. The number of nitrogens with zero attached hydrogens (tertiary/aromatic N) is 1. The van der Waals surface area contributed by atoms with Crippen LogP contribution in [0.25, 0.3) is 0 Å². The molecule has 1 aromatic carbocycles. The molecule has 0 bridgehead atoms. The second-order valence-corrected chi connectivity index (χ2v) is 5.87. The van der Waals surface area contributed by atoms with Gasteiger partial charge in [0.2, 0.25) is 11.8 Å². The van der Waals surface area contributed by atoms with E-state index >= 15 is 0 Å². The maximum Gasteiger partial charge on any atom is 0.248 e. The Balaban J connectivity index is 1.92. The lowest BCUT2D eigenvalue weighted by molar-refractivity contribution is -0.135. The van der Waals surface area contributed by atoms with E-state index in [9.17, 15) is 9.59 Å². The quantitative estimate of drug-likeness (QED) is 0.874. The summed E-state index contributed by atoms with van der Waals surface area (Å²) in [6.45, 7) is 0.542. The van der Waals surface area contributed by atoms with Crippen molar-refractivity contribution in [3.8, 4) is 0 Å². The molecule has 0 unspecified atom stereocenters. The van der Waals surface area contributed by atoms with Crippen LogP contribution >= 0.6 is 0 Å². The van der Waals surface area contributed by atoms with Gasteiger partial charge >= 0.3 is 0 Å². The Hall–Kier alpha value is -1.88. The van der Waals surface area contributed by atoms with E-state index in [0.717, 1.165) is 31.2 Å². The van der Waals surface area contributed by atoms with Gasteiger partial charge in [-0.1, -0.05) is 12.1 Å². The summed E-state index contributed by atoms with van der Waals surface area (Å²) >= 11 is 0. The van der Waals surface area contributed by atoms with E-state index in [1.165, 1.54) is 0 Å². The molecule has 2 amide bonds. The molecule has 1 aliphatic carbocycles. The van der Waals surface area contributed by atoms with E-state index in [1.807, 2.05) is 19.2 Å². The third-order valence-electron chi connectivity index (χ3n) is 4.16. The number of amides is 2. The number of rotatable bonds is 4. The smallest absolute Gasteiger partial charge is 0.248 e. The molecule has 5 nitrogen and oxygen atoms in total. The summed E-state index contributed by atoms with van der Waals surface area (Å²) in [5.74, 6) is -0.162. The fraction of sp³-hybridized carbons (Fsp3) is 0.500. The fourth-order valence-electron chi connectivity index (χ4n) is 2.80. The molecule has 0 saturated heterocycles. The summed E-state index contributed by atoms with van der Waals surface area (Å²) in [5.41, 5.74) is 12.6. The van der Waals surface area contributed by atoms with Crippen LogP contribution in [0.15, 0.2) is 24.3 Å². The zero-order chi connectivity index (χ0) is 15.4. The third-order valence-corrected chi connectivity index (χ3v) is 4.16. The maximum absolute atomic E-state index is 12.4. The molecular formula is C16H23N3O2. The SMILES string of the molecule is CN(Cc1ccc(C(N)=O)cc1)C(=O)C1CCC(N)CC1. The highest BCUT2D eigenvalue weighted by molar-refractivity contribution is 5.92. The van der Waals surface area contributed by atoms with Crippen LogP contribution in [0.2, 0.25) is 0 Å². The summed E-state index contributed by atoms with van der Waals surface area (Å²) in [6, 6.07) is 7.30. The van der Waals surface area contributed by atoms with Crippen molar-refractivity contribution >= 4 is 11.8 Å². The first-order valence-electron chi connectivity index (χ1n) is 7.36. The first-order valence-corrected chi connectivity index (χ1v) is 7.36. The van der Waals surface area contributed by atoms with Gasteiger partial charge in [0.1, 0.15) is 0 Å². The molecule has 0 heterocycles. The Morgan fingerprint density at radius 2 is 1.71 bits per heavy atom. The molecule has 5 heteroatoms. The normalized spacial score (nSPS) is 21.8. The van der Waals surface area contributed by atoms with Crippen LogP contribution in [0.4, 0.5) is 0 Å². The Morgan fingerprint density at radius 1 is 1.14 bits per heavy atom. The largest absolute Gasteiger partial charge is 0.366 e. The van der Waals surface area contributed by atoms with Gasteiger partial charge in [0.05, 0.1) is 0 Å². The summed E-state index contributed by atoms with van der Waals surface area (Å²) < 4.78 is 0. The first kappa shape index (κ1) is 15.5. The minimum absolute atomic E-state index is 0.0969. The van der Waals surface area contributed by atoms with Gasteiger partial charge in [0.25, 0.3) is 0 Å². The van der Waals surface area contributed by atoms with Crippen LogP contribution < -0.4 is 11.5 Å². The minimum atomic E-state index is -0.440. The van der Waals surface area contributed by atoms with Gasteiger partial charge in [-0.2, -0.15) is 0 Å². The van der Waals surface area contributed by atoms with Gasteiger partial charge in [0.15, 0.2) is 0 Å². The Morgan fingerprint density at radius 3 is 2.24 bits per heavy atom. The highest BCUT2D eigenvalue weighted by atomic mass is 16.2. The van der Waals surface area contributed by atoms with Gasteiger partial charge in [0, 0.05) is 31.1 Å². The van der Waals surface area contributed by atoms with Crippen molar-refractivity contribution in [1.82, 2.24) is 4.90 Å². The van der Waals surface area contributed by atoms with Crippen molar-refractivity contribution in [1.29, 1.82) is 0 Å². The molecule has 0 atom stereocenters. The van der Waals surface area contributed by atoms with Gasteiger partial charge in [-0.3, -0.25) is 9.59 Å². The second-order valence-electron chi connectivity index (χ2n) is 5.87. The predicted molar refractivity (Wildman–Crippen MR) is 81.4 cm³/mol. The molecule has 114 valence electrons. The van der Waals surface area contributed by atoms with Crippen LogP contribution in [0.1, 0.15) is 41.6 Å². The van der Waals surface area contributed by atoms with Crippen LogP contribution in [-0.4, -0.2) is 29.8 Å². The zero-order valence-electron chi connectivity index (χ0n) is 12.4. The van der Waals surface area contributed by atoms with Crippen LogP contribution in [0.5, 0.6) is 0 Å². The van der Waals surface area contributed by atoms with Crippen molar-refractivity contribution in [2.24, 2.45) is 17.4 Å². The molecule has 1 saturated carbocycles. The zero-order valence-corrected chi connectivity index (χ0v) is 12.4. The first-order chi connectivity index (χ1) is 9.97. The molecule has 4 N–H and O–H groups in total. The molecule has 0 aliphatic heterocycles. The number of hydrogen-bond donors (Lipinski definition) is 2. The van der Waals surface area contributed by atoms with Crippen LogP contribution in [0, 0.1) is 5.92 Å². The van der Waals surface area contributed by atoms with Crippen LogP contribution in [0.3, 0.4) is 0 Å². The average Bonchev–Trinajstić information content (AvgIpc) is 2.47. The molecular weight excluding hydrogens is 266 g/mol. The van der Waals surface area contributed by atoms with Crippen molar-refractivity contribution in [3.63, 3.8) is 0 Å². The maximum atomic E-state index is 12.4. The van der Waals surface area contributed by atoms with Crippen molar-refractivity contribution < 1.29 is 9.59 Å². The van der Waals surface area contributed by atoms with Crippen molar-refractivity contribution in [2.45, 2.75) is 38.3 Å². The lowest BCUT2D eigenvalue weighted by atomic mass is 9.85. The standard InChI is InChI=1S/C16H23N3O2/c1-19(16(21)13-6-8-14(17)9-7-13)10-11-2-4-12(5-3-11)15(18)20/h2-5,13-14H,6-10,17H2,1H3,(H2,18,20). The lowest BCUT2D eigenvalue weighted by Crippen LogP contribution is -2.37. The molecule has 0 spiro atoms. The summed E-state index contributed by atoms with van der Waals surface area (Å²) in [5, 5.41) is 0. The Bertz CT molecular complexity index is 505. The predicted octanol–water partition coefficient (Wildman–Crippen LogP) is 1.26. The third kappa shape index (κ3) is 4.04. The summed E-state index contributed by atoms with van der Waals surface area (Å²) in [7, 11) is 1.82. The van der Waals surface area contributed by atoms with E-state index in [2.05, 4.69) is 0 Å². The number of carbonyl (C=O) groups is 2. The fourth-order valence-corrected chi connectivity index (χ4v) is 2.80. The van der Waals surface area contributed by atoms with E-state index in [4.69, 9.17) is 11.5 Å². The molecule has 0 aromatic heterocycles. The highest BCUT2D eigenvalue weighted by Gasteiger charge is 2.26. The molecule has 1 aliphatic rings. The van der Waals surface area contributed by atoms with E-state index < -0.39 is 5.91 Å². The van der Waals surface area contributed by atoms with E-state index in [-0.39, 0.29) is 17.9 Å². The molecule has 21 heavy (non-hydrogen) atoms. The van der Waals surface area contributed by atoms with Gasteiger partial charge in [-0.05, 0) is 43.4 Å². The summed E-state index contributed by atoms with van der Waals surface area (Å²) in [4.78, 5) is 25.2. The summed E-state index contributed by atoms with van der Waals surface area (Å²) in [6.07, 6.45) is 3.62. The Kier molecular flexibility index (Phi) is 4.96. The average molecular weight is 289 g/mol. The molecule has 2 rings (SSSR count). The number of hydrogen-bond acceptors (Lipinski definition) is 3. The van der Waals surface area contributed by atoms with Crippen LogP contribution in [-0.2, 0) is 11.3 Å². The number of primary amides is 1. The minimum Gasteiger partial charge on any atom is -0.366 e. The Labute approximate surface area is 125 Å². The number of carbonyl (C=O) groups excluding carboxylic acids is 2. The van der Waals surface area contributed by atoms with Gasteiger partial charge < -0.3 is 16.4 Å². The number of benzene rings is 1. The monoisotopic (exact) mass is 289 g/mol. The molecule has 1 aromatic rings. The topological polar surface area (TPSA) is 89.4 Å². The van der Waals surface area contributed by atoms with E-state index in [1.54, 1.807) is 17.0 Å².